The summed E-state index contributed by atoms with van der Waals surface area (Å²) in [6.07, 6.45) is 0.442. The predicted octanol–water partition coefficient (Wildman–Crippen LogP) is 0.247. The Balaban J connectivity index is 2.50. The van der Waals surface area contributed by atoms with Crippen LogP contribution in [0.25, 0.3) is 0 Å². The van der Waals surface area contributed by atoms with Crippen LogP contribution in [-0.4, -0.2) is 62.4 Å². The van der Waals surface area contributed by atoms with Crippen LogP contribution in [0.15, 0.2) is 0 Å². The molecule has 1 aliphatic heterocycles. The van der Waals surface area contributed by atoms with Crippen molar-refractivity contribution in [3.8, 4) is 0 Å². The highest BCUT2D eigenvalue weighted by Crippen LogP contribution is 2.11. The number of hydrogen-bond acceptors (Lipinski definition) is 5. The zero-order valence-electron chi connectivity index (χ0n) is 11.2. The molecule has 0 saturated carbocycles. The van der Waals surface area contributed by atoms with E-state index in [1.807, 2.05) is 6.92 Å². The molecule has 0 aliphatic carbocycles. The van der Waals surface area contributed by atoms with Crippen molar-refractivity contribution in [1.82, 2.24) is 10.2 Å². The van der Waals surface area contributed by atoms with E-state index in [0.29, 0.717) is 6.54 Å². The van der Waals surface area contributed by atoms with E-state index in [4.69, 9.17) is 9.47 Å². The van der Waals surface area contributed by atoms with Gasteiger partial charge in [0.1, 0.15) is 6.04 Å². The van der Waals surface area contributed by atoms with Gasteiger partial charge in [0.05, 0.1) is 19.3 Å². The Morgan fingerprint density at radius 2 is 2.06 bits per heavy atom. The molecule has 0 radical (unpaired) electrons. The normalized spacial score (nSPS) is 27.8. The van der Waals surface area contributed by atoms with E-state index in [1.54, 1.807) is 0 Å². The van der Waals surface area contributed by atoms with Crippen LogP contribution in [-0.2, 0) is 14.3 Å². The second-order valence-electron chi connectivity index (χ2n) is 4.61. The molecule has 5 heteroatoms. The van der Waals surface area contributed by atoms with Crippen LogP contribution in [0.3, 0.4) is 0 Å². The minimum absolute atomic E-state index is 0.196. The number of likely N-dealkylation sites (N-methyl/N-ethyl adjacent to an activating group) is 1. The Kier molecular flexibility index (Phi) is 5.88. The average molecular weight is 244 g/mol. The van der Waals surface area contributed by atoms with E-state index in [9.17, 15) is 4.79 Å². The van der Waals surface area contributed by atoms with Gasteiger partial charge in [0.25, 0.3) is 0 Å². The Morgan fingerprint density at radius 1 is 1.47 bits per heavy atom. The average Bonchev–Trinajstić information content (AvgIpc) is 2.26. The number of methoxy groups -OCH3 is 1. The van der Waals surface area contributed by atoms with Crippen LogP contribution < -0.4 is 5.32 Å². The molecule has 0 aromatic carbocycles. The number of hydrogen-bond donors (Lipinski definition) is 1. The van der Waals surface area contributed by atoms with Gasteiger partial charge in [-0.3, -0.25) is 9.69 Å². The second kappa shape index (κ2) is 6.93. The lowest BCUT2D eigenvalue weighted by Gasteiger charge is -2.36. The van der Waals surface area contributed by atoms with Crippen molar-refractivity contribution in [2.75, 3.05) is 33.3 Å². The van der Waals surface area contributed by atoms with Crippen molar-refractivity contribution in [3.63, 3.8) is 0 Å². The van der Waals surface area contributed by atoms with Gasteiger partial charge in [0, 0.05) is 19.6 Å². The van der Waals surface area contributed by atoms with Crippen molar-refractivity contribution in [2.24, 2.45) is 0 Å². The first-order chi connectivity index (χ1) is 8.06. The van der Waals surface area contributed by atoms with E-state index in [1.165, 1.54) is 7.11 Å². The van der Waals surface area contributed by atoms with Gasteiger partial charge in [0.2, 0.25) is 0 Å². The maximum atomic E-state index is 11.6. The maximum Gasteiger partial charge on any atom is 0.324 e. The third kappa shape index (κ3) is 4.61. The standard InChI is InChI=1S/C12H24N2O3/c1-5-13-11(12(15)16-4)8-14-6-9(2)17-10(3)7-14/h9-11,13H,5-8H2,1-4H3/t9-,10+,11?. The fraction of sp³-hybridized carbons (Fsp3) is 0.917. The number of carbonyl (C=O) groups excluding carboxylic acids is 1. The van der Waals surface area contributed by atoms with E-state index in [0.717, 1.165) is 19.6 Å². The Bertz CT molecular complexity index is 238. The van der Waals surface area contributed by atoms with Crippen molar-refractivity contribution < 1.29 is 14.3 Å². The molecular formula is C12H24N2O3. The Hall–Kier alpha value is -0.650. The number of esters is 1. The first-order valence-corrected chi connectivity index (χ1v) is 6.25. The second-order valence-corrected chi connectivity index (χ2v) is 4.61. The molecule has 0 aromatic heterocycles. The Labute approximate surface area is 103 Å². The molecule has 1 heterocycles. The summed E-state index contributed by atoms with van der Waals surface area (Å²) < 4.78 is 10.5. The summed E-state index contributed by atoms with van der Waals surface area (Å²) in [7, 11) is 1.43. The molecule has 5 nitrogen and oxygen atoms in total. The molecule has 1 N–H and O–H groups in total. The fourth-order valence-electron chi connectivity index (χ4n) is 2.30. The summed E-state index contributed by atoms with van der Waals surface area (Å²) in [5, 5.41) is 3.15. The third-order valence-electron chi connectivity index (χ3n) is 2.87. The van der Waals surface area contributed by atoms with Crippen molar-refractivity contribution in [3.05, 3.63) is 0 Å². The largest absolute Gasteiger partial charge is 0.468 e. The summed E-state index contributed by atoms with van der Waals surface area (Å²) in [6.45, 7) is 9.27. The topological polar surface area (TPSA) is 50.8 Å². The molecule has 0 amide bonds. The van der Waals surface area contributed by atoms with Gasteiger partial charge >= 0.3 is 5.97 Å². The van der Waals surface area contributed by atoms with E-state index >= 15 is 0 Å². The lowest BCUT2D eigenvalue weighted by molar-refractivity contribution is -0.144. The van der Waals surface area contributed by atoms with Gasteiger partial charge in [-0.05, 0) is 20.4 Å². The number of morpholine rings is 1. The summed E-state index contributed by atoms with van der Waals surface area (Å²) in [6, 6.07) is -0.248. The van der Waals surface area contributed by atoms with Gasteiger partial charge in [-0.15, -0.1) is 0 Å². The quantitative estimate of drug-likeness (QED) is 0.702. The van der Waals surface area contributed by atoms with Crippen LogP contribution in [0.2, 0.25) is 0 Å². The van der Waals surface area contributed by atoms with Gasteiger partial charge in [0.15, 0.2) is 0 Å². The molecule has 1 fully saturated rings. The smallest absolute Gasteiger partial charge is 0.324 e. The van der Waals surface area contributed by atoms with Crippen LogP contribution in [0.1, 0.15) is 20.8 Å². The van der Waals surface area contributed by atoms with Gasteiger partial charge in [-0.25, -0.2) is 0 Å². The van der Waals surface area contributed by atoms with Crippen LogP contribution in [0.5, 0.6) is 0 Å². The predicted molar refractivity (Wildman–Crippen MR) is 65.9 cm³/mol. The monoisotopic (exact) mass is 244 g/mol. The third-order valence-corrected chi connectivity index (χ3v) is 2.87. The lowest BCUT2D eigenvalue weighted by atomic mass is 10.2. The Morgan fingerprint density at radius 3 is 2.53 bits per heavy atom. The number of nitrogens with zero attached hydrogens (tertiary/aromatic N) is 1. The van der Waals surface area contributed by atoms with Crippen LogP contribution >= 0.6 is 0 Å². The van der Waals surface area contributed by atoms with Crippen molar-refractivity contribution in [1.29, 1.82) is 0 Å². The number of nitrogens with one attached hydrogen (secondary N) is 1. The molecule has 1 unspecified atom stereocenters. The summed E-state index contributed by atoms with van der Waals surface area (Å²) in [5.74, 6) is -0.196. The molecule has 0 spiro atoms. The zero-order chi connectivity index (χ0) is 12.8. The van der Waals surface area contributed by atoms with E-state index in [2.05, 4.69) is 24.1 Å². The maximum absolute atomic E-state index is 11.6. The van der Waals surface area contributed by atoms with Gasteiger partial charge in [-0.1, -0.05) is 6.92 Å². The molecule has 3 atom stereocenters. The number of rotatable bonds is 5. The molecule has 1 rings (SSSR count). The van der Waals surface area contributed by atoms with Crippen LogP contribution in [0.4, 0.5) is 0 Å². The molecule has 100 valence electrons. The molecule has 1 aliphatic rings. The molecule has 17 heavy (non-hydrogen) atoms. The number of carbonyl (C=O) groups is 1. The number of ether oxygens (including phenoxy) is 2. The van der Waals surface area contributed by atoms with Gasteiger partial charge < -0.3 is 14.8 Å². The van der Waals surface area contributed by atoms with Crippen molar-refractivity contribution in [2.45, 2.75) is 39.0 Å². The highest BCUT2D eigenvalue weighted by molar-refractivity contribution is 5.75. The van der Waals surface area contributed by atoms with E-state index < -0.39 is 0 Å². The molecular weight excluding hydrogens is 220 g/mol. The zero-order valence-corrected chi connectivity index (χ0v) is 11.2. The minimum Gasteiger partial charge on any atom is -0.468 e. The first kappa shape index (κ1) is 14.4. The van der Waals surface area contributed by atoms with E-state index in [-0.39, 0.29) is 24.2 Å². The summed E-state index contributed by atoms with van der Waals surface area (Å²) in [4.78, 5) is 13.8. The highest BCUT2D eigenvalue weighted by atomic mass is 16.5. The first-order valence-electron chi connectivity index (χ1n) is 6.25. The van der Waals surface area contributed by atoms with Crippen LogP contribution in [0, 0.1) is 0 Å². The molecule has 1 saturated heterocycles. The molecule has 0 aromatic rings. The highest BCUT2D eigenvalue weighted by Gasteiger charge is 2.27. The molecule has 0 bridgehead atoms. The summed E-state index contributed by atoms with van der Waals surface area (Å²) in [5.41, 5.74) is 0. The minimum atomic E-state index is -0.248. The summed E-state index contributed by atoms with van der Waals surface area (Å²) >= 11 is 0. The van der Waals surface area contributed by atoms with Gasteiger partial charge in [-0.2, -0.15) is 0 Å². The lowest BCUT2D eigenvalue weighted by Crippen LogP contribution is -2.53. The van der Waals surface area contributed by atoms with Crippen molar-refractivity contribution >= 4 is 5.97 Å². The fourth-order valence-corrected chi connectivity index (χ4v) is 2.30. The SMILES string of the molecule is CCNC(CN1C[C@@H](C)O[C@@H](C)C1)C(=O)OC.